The molecule has 20 heavy (non-hydrogen) atoms. The molecule has 0 spiro atoms. The number of rotatable bonds is 7. The van der Waals surface area contributed by atoms with Gasteiger partial charge in [0.1, 0.15) is 5.25 Å². The van der Waals surface area contributed by atoms with E-state index in [-0.39, 0.29) is 22.9 Å². The molecule has 1 aromatic rings. The van der Waals surface area contributed by atoms with Gasteiger partial charge in [0, 0.05) is 16.4 Å². The number of ether oxygens (including phenoxy) is 1. The van der Waals surface area contributed by atoms with Crippen LogP contribution in [0.4, 0.5) is 0 Å². The Labute approximate surface area is 125 Å². The van der Waals surface area contributed by atoms with Crippen molar-refractivity contribution < 1.29 is 14.3 Å². The average molecular weight is 294 g/mol. The van der Waals surface area contributed by atoms with Crippen LogP contribution in [-0.2, 0) is 9.53 Å². The largest absolute Gasteiger partial charge is 0.465 e. The molecular weight excluding hydrogens is 272 g/mol. The van der Waals surface area contributed by atoms with E-state index < -0.39 is 0 Å². The molecule has 0 fully saturated rings. The van der Waals surface area contributed by atoms with Crippen LogP contribution in [0, 0.1) is 5.92 Å². The van der Waals surface area contributed by atoms with Gasteiger partial charge in [-0.2, -0.15) is 0 Å². The van der Waals surface area contributed by atoms with Gasteiger partial charge in [-0.25, -0.2) is 0 Å². The molecular formula is C16H22O3S. The maximum Gasteiger partial charge on any atom is 0.319 e. The SMILES string of the molecule is CCCOC(=O)C(C)Sc1ccc(C(=O)C(C)C)cc1. The second-order valence-electron chi connectivity index (χ2n) is 4.97. The highest BCUT2D eigenvalue weighted by Crippen LogP contribution is 2.25. The monoisotopic (exact) mass is 294 g/mol. The summed E-state index contributed by atoms with van der Waals surface area (Å²) in [5.74, 6) is -0.0624. The summed E-state index contributed by atoms with van der Waals surface area (Å²) >= 11 is 1.45. The lowest BCUT2D eigenvalue weighted by Crippen LogP contribution is -2.17. The topological polar surface area (TPSA) is 43.4 Å². The maximum absolute atomic E-state index is 11.8. The fraction of sp³-hybridized carbons (Fsp3) is 0.500. The van der Waals surface area contributed by atoms with Crippen molar-refractivity contribution >= 4 is 23.5 Å². The van der Waals surface area contributed by atoms with Crippen molar-refractivity contribution in [3.63, 3.8) is 0 Å². The highest BCUT2D eigenvalue weighted by molar-refractivity contribution is 8.00. The summed E-state index contributed by atoms with van der Waals surface area (Å²) in [4.78, 5) is 24.5. The third kappa shape index (κ3) is 5.00. The minimum absolute atomic E-state index is 0.00329. The van der Waals surface area contributed by atoms with Crippen molar-refractivity contribution in [3.05, 3.63) is 29.8 Å². The molecule has 110 valence electrons. The zero-order valence-corrected chi connectivity index (χ0v) is 13.3. The molecule has 0 aliphatic rings. The minimum Gasteiger partial charge on any atom is -0.465 e. The Morgan fingerprint density at radius 3 is 2.25 bits per heavy atom. The van der Waals surface area contributed by atoms with Crippen LogP contribution >= 0.6 is 11.8 Å². The van der Waals surface area contributed by atoms with Gasteiger partial charge in [-0.3, -0.25) is 9.59 Å². The summed E-state index contributed by atoms with van der Waals surface area (Å²) in [5.41, 5.74) is 0.713. The van der Waals surface area contributed by atoms with Crippen LogP contribution in [-0.4, -0.2) is 23.6 Å². The molecule has 0 saturated heterocycles. The molecule has 1 rings (SSSR count). The summed E-state index contributed by atoms with van der Waals surface area (Å²) < 4.78 is 5.10. The average Bonchev–Trinajstić information content (AvgIpc) is 2.44. The Morgan fingerprint density at radius 1 is 1.15 bits per heavy atom. The molecule has 1 unspecified atom stereocenters. The van der Waals surface area contributed by atoms with Gasteiger partial charge < -0.3 is 4.74 Å². The van der Waals surface area contributed by atoms with Crippen molar-refractivity contribution in [1.29, 1.82) is 0 Å². The van der Waals surface area contributed by atoms with E-state index in [4.69, 9.17) is 4.74 Å². The summed E-state index contributed by atoms with van der Waals surface area (Å²) in [6.07, 6.45) is 0.829. The van der Waals surface area contributed by atoms with Gasteiger partial charge in [-0.1, -0.05) is 32.9 Å². The van der Waals surface area contributed by atoms with Gasteiger partial charge >= 0.3 is 5.97 Å². The van der Waals surface area contributed by atoms with Crippen LogP contribution in [0.5, 0.6) is 0 Å². The molecule has 4 heteroatoms. The van der Waals surface area contributed by atoms with Crippen LogP contribution < -0.4 is 0 Å². The van der Waals surface area contributed by atoms with Gasteiger partial charge in [0.15, 0.2) is 5.78 Å². The molecule has 0 amide bonds. The lowest BCUT2D eigenvalue weighted by atomic mass is 10.0. The highest BCUT2D eigenvalue weighted by atomic mass is 32.2. The Morgan fingerprint density at radius 2 is 1.75 bits per heavy atom. The molecule has 0 saturated carbocycles. The third-order valence-corrected chi connectivity index (χ3v) is 3.85. The zero-order chi connectivity index (χ0) is 15.1. The summed E-state index contributed by atoms with van der Waals surface area (Å²) in [5, 5.41) is -0.242. The van der Waals surface area contributed by atoms with Crippen molar-refractivity contribution in [2.45, 2.75) is 44.3 Å². The lowest BCUT2D eigenvalue weighted by molar-refractivity contribution is -0.142. The highest BCUT2D eigenvalue weighted by Gasteiger charge is 2.16. The van der Waals surface area contributed by atoms with Crippen LogP contribution in [0.15, 0.2) is 29.2 Å². The van der Waals surface area contributed by atoms with E-state index in [1.807, 2.05) is 52.0 Å². The first-order chi connectivity index (χ1) is 9.45. The van der Waals surface area contributed by atoms with E-state index in [1.54, 1.807) is 0 Å². The van der Waals surface area contributed by atoms with Crippen LogP contribution in [0.2, 0.25) is 0 Å². The Hall–Kier alpha value is -1.29. The summed E-state index contributed by atoms with van der Waals surface area (Å²) in [6.45, 7) is 8.03. The smallest absolute Gasteiger partial charge is 0.319 e. The number of Topliss-reactive ketones (excluding diaryl/α,β-unsaturated/α-hetero) is 1. The predicted molar refractivity (Wildman–Crippen MR) is 82.2 cm³/mol. The van der Waals surface area contributed by atoms with E-state index in [2.05, 4.69) is 0 Å². The van der Waals surface area contributed by atoms with Crippen molar-refractivity contribution in [3.8, 4) is 0 Å². The van der Waals surface area contributed by atoms with Gasteiger partial charge in [-0.15, -0.1) is 11.8 Å². The quantitative estimate of drug-likeness (QED) is 0.434. The molecule has 0 heterocycles. The molecule has 0 bridgehead atoms. The molecule has 0 N–H and O–H groups in total. The first kappa shape index (κ1) is 16.8. The van der Waals surface area contributed by atoms with E-state index in [0.717, 1.165) is 11.3 Å². The van der Waals surface area contributed by atoms with Crippen LogP contribution in [0.3, 0.4) is 0 Å². The van der Waals surface area contributed by atoms with Gasteiger partial charge in [-0.05, 0) is 25.5 Å². The summed E-state index contributed by atoms with van der Waals surface area (Å²) in [7, 11) is 0. The third-order valence-electron chi connectivity index (χ3n) is 2.76. The molecule has 0 aliphatic carbocycles. The molecule has 1 atom stereocenters. The second-order valence-corrected chi connectivity index (χ2v) is 6.39. The first-order valence-electron chi connectivity index (χ1n) is 6.93. The Bertz CT molecular complexity index is 451. The van der Waals surface area contributed by atoms with Crippen molar-refractivity contribution in [2.75, 3.05) is 6.61 Å². The number of ketones is 1. The van der Waals surface area contributed by atoms with Crippen molar-refractivity contribution in [1.82, 2.24) is 0 Å². The number of thioether (sulfide) groups is 1. The lowest BCUT2D eigenvalue weighted by Gasteiger charge is -2.11. The van der Waals surface area contributed by atoms with Gasteiger partial charge in [0.05, 0.1) is 6.61 Å². The fourth-order valence-electron chi connectivity index (χ4n) is 1.60. The second kappa shape index (κ2) is 8.10. The van der Waals surface area contributed by atoms with Crippen molar-refractivity contribution in [2.24, 2.45) is 5.92 Å². The van der Waals surface area contributed by atoms with Crippen LogP contribution in [0.25, 0.3) is 0 Å². The fourth-order valence-corrected chi connectivity index (χ4v) is 2.47. The van der Waals surface area contributed by atoms with Gasteiger partial charge in [0.25, 0.3) is 0 Å². The predicted octanol–water partition coefficient (Wildman–Crippen LogP) is 3.96. The number of carbonyl (C=O) groups is 2. The first-order valence-corrected chi connectivity index (χ1v) is 7.81. The standard InChI is InChI=1S/C16H22O3S/c1-5-10-19-16(18)12(4)20-14-8-6-13(7-9-14)15(17)11(2)3/h6-9,11-12H,5,10H2,1-4H3. The molecule has 0 aliphatic heterocycles. The molecule has 0 aromatic heterocycles. The van der Waals surface area contributed by atoms with E-state index >= 15 is 0 Å². The van der Waals surface area contributed by atoms with E-state index in [9.17, 15) is 9.59 Å². The van der Waals surface area contributed by atoms with E-state index in [0.29, 0.717) is 12.2 Å². The maximum atomic E-state index is 11.8. The number of hydrogen-bond donors (Lipinski definition) is 0. The molecule has 1 aromatic carbocycles. The molecule has 0 radical (unpaired) electrons. The van der Waals surface area contributed by atoms with Gasteiger partial charge in [0.2, 0.25) is 0 Å². The normalized spacial score (nSPS) is 12.2. The number of benzene rings is 1. The Kier molecular flexibility index (Phi) is 6.79. The number of hydrogen-bond acceptors (Lipinski definition) is 4. The van der Waals surface area contributed by atoms with E-state index in [1.165, 1.54) is 11.8 Å². The minimum atomic E-state index is -0.242. The number of carbonyl (C=O) groups excluding carboxylic acids is 2. The van der Waals surface area contributed by atoms with Crippen LogP contribution in [0.1, 0.15) is 44.5 Å². The number of esters is 1. The Balaban J connectivity index is 2.61. The zero-order valence-electron chi connectivity index (χ0n) is 12.5. The molecule has 3 nitrogen and oxygen atoms in total. The summed E-state index contributed by atoms with van der Waals surface area (Å²) in [6, 6.07) is 7.39.